The molecule has 0 aromatic heterocycles. The fraction of sp³-hybridized carbons (Fsp3) is 0.720. The zero-order valence-corrected chi connectivity index (χ0v) is 20.5. The SMILES string of the molecule is CC(C)[Si](OCC#CC1=CC2CC3(OC(=O)C=C13)C1CCCCN21)(C(C)C)C(C)C. The minimum atomic E-state index is -1.92. The Kier molecular flexibility index (Phi) is 5.80. The molecule has 30 heavy (non-hydrogen) atoms. The normalized spacial score (nSPS) is 30.6. The van der Waals surface area contributed by atoms with Crippen molar-refractivity contribution in [3.8, 4) is 11.8 Å². The summed E-state index contributed by atoms with van der Waals surface area (Å²) in [7, 11) is -1.92. The summed E-state index contributed by atoms with van der Waals surface area (Å²) in [6.07, 6.45) is 8.41. The highest BCUT2D eigenvalue weighted by Gasteiger charge is 2.61. The monoisotopic (exact) mass is 427 g/mol. The first kappa shape index (κ1) is 21.9. The van der Waals surface area contributed by atoms with E-state index in [1.165, 1.54) is 12.8 Å². The second-order valence-electron chi connectivity index (χ2n) is 10.4. The number of rotatable bonds is 5. The molecule has 4 rings (SSSR count). The number of hydrogen-bond donors (Lipinski definition) is 0. The quantitative estimate of drug-likeness (QED) is 0.353. The molecule has 3 atom stereocenters. The molecular formula is C25H37NO3Si. The molecule has 4 aliphatic rings. The Morgan fingerprint density at radius 3 is 2.57 bits per heavy atom. The molecule has 0 radical (unpaired) electrons. The average molecular weight is 428 g/mol. The molecule has 3 heterocycles. The average Bonchev–Trinajstić information content (AvgIpc) is 3.16. The van der Waals surface area contributed by atoms with Gasteiger partial charge in [0.05, 0.1) is 12.6 Å². The summed E-state index contributed by atoms with van der Waals surface area (Å²) in [4.78, 5) is 14.8. The molecule has 2 fully saturated rings. The van der Waals surface area contributed by atoms with Gasteiger partial charge in [0.2, 0.25) is 8.32 Å². The Bertz CT molecular complexity index is 809. The third kappa shape index (κ3) is 3.23. The van der Waals surface area contributed by atoms with Gasteiger partial charge in [-0.25, -0.2) is 4.79 Å². The maximum atomic E-state index is 12.3. The van der Waals surface area contributed by atoms with Gasteiger partial charge in [-0.3, -0.25) is 4.90 Å². The van der Waals surface area contributed by atoms with Crippen molar-refractivity contribution in [3.05, 3.63) is 23.3 Å². The number of esters is 1. The summed E-state index contributed by atoms with van der Waals surface area (Å²) in [5.41, 5.74) is 3.19. The lowest BCUT2D eigenvalue weighted by atomic mass is 9.77. The van der Waals surface area contributed by atoms with Crippen LogP contribution in [0.2, 0.25) is 16.6 Å². The Morgan fingerprint density at radius 2 is 1.90 bits per heavy atom. The van der Waals surface area contributed by atoms with Crippen LogP contribution in [0, 0.1) is 11.8 Å². The third-order valence-electron chi connectivity index (χ3n) is 8.00. The van der Waals surface area contributed by atoms with Crippen molar-refractivity contribution in [1.82, 2.24) is 4.90 Å². The van der Waals surface area contributed by atoms with Crippen molar-refractivity contribution in [2.45, 2.75) is 102 Å². The van der Waals surface area contributed by atoms with E-state index < -0.39 is 13.9 Å². The molecule has 3 aliphatic heterocycles. The Hall–Kier alpha value is -1.35. The van der Waals surface area contributed by atoms with E-state index in [0.717, 1.165) is 30.5 Å². The summed E-state index contributed by atoms with van der Waals surface area (Å²) in [6, 6.07) is 0.641. The van der Waals surface area contributed by atoms with E-state index in [-0.39, 0.29) is 5.97 Å². The van der Waals surface area contributed by atoms with Gasteiger partial charge in [0.25, 0.3) is 0 Å². The molecule has 1 spiro atoms. The van der Waals surface area contributed by atoms with E-state index in [1.807, 2.05) is 0 Å². The Labute approximate surface area is 183 Å². The summed E-state index contributed by atoms with van der Waals surface area (Å²) in [5.74, 6) is 6.51. The van der Waals surface area contributed by atoms with E-state index in [9.17, 15) is 4.79 Å². The number of piperidine rings is 1. The first-order valence-electron chi connectivity index (χ1n) is 11.8. The molecule has 2 bridgehead atoms. The lowest BCUT2D eigenvalue weighted by Gasteiger charge is -2.41. The van der Waals surface area contributed by atoms with Crippen LogP contribution in [0.1, 0.15) is 67.2 Å². The molecule has 3 unspecified atom stereocenters. The van der Waals surface area contributed by atoms with E-state index in [2.05, 4.69) is 64.4 Å². The predicted molar refractivity (Wildman–Crippen MR) is 123 cm³/mol. The number of ether oxygens (including phenoxy) is 1. The van der Waals surface area contributed by atoms with Gasteiger partial charge < -0.3 is 9.16 Å². The van der Waals surface area contributed by atoms with E-state index in [4.69, 9.17) is 9.16 Å². The van der Waals surface area contributed by atoms with Crippen LogP contribution in [0.3, 0.4) is 0 Å². The first-order valence-corrected chi connectivity index (χ1v) is 13.9. The first-order chi connectivity index (χ1) is 14.2. The standard InChI is InChI=1S/C25H37NO3Si/c1-17(2)30(18(3)4,19(5)6)28-13-9-10-20-14-21-16-25(22(20)15-24(27)29-25)23-11-7-8-12-26(21)23/h14-15,17-19,21,23H,7-8,11-13,16H2,1-6H3. The van der Waals surface area contributed by atoms with Crippen molar-refractivity contribution >= 4 is 14.3 Å². The molecule has 0 aromatic carbocycles. The maximum absolute atomic E-state index is 12.3. The molecule has 0 amide bonds. The number of hydrogen-bond acceptors (Lipinski definition) is 4. The Morgan fingerprint density at radius 1 is 1.20 bits per heavy atom. The topological polar surface area (TPSA) is 38.8 Å². The minimum Gasteiger partial charge on any atom is -0.449 e. The van der Waals surface area contributed by atoms with Gasteiger partial charge in [-0.05, 0) is 36.0 Å². The van der Waals surface area contributed by atoms with Crippen LogP contribution in [0.25, 0.3) is 0 Å². The van der Waals surface area contributed by atoms with Crippen molar-refractivity contribution in [2.75, 3.05) is 13.2 Å². The molecule has 5 heteroatoms. The molecule has 0 saturated carbocycles. The summed E-state index contributed by atoms with van der Waals surface area (Å²) in [5, 5.41) is 0. The van der Waals surface area contributed by atoms with Crippen molar-refractivity contribution in [1.29, 1.82) is 0 Å². The van der Waals surface area contributed by atoms with Crippen molar-refractivity contribution in [2.24, 2.45) is 0 Å². The number of carbonyl (C=O) groups excluding carboxylic acids is 1. The lowest BCUT2D eigenvalue weighted by Crippen LogP contribution is -2.48. The third-order valence-corrected chi connectivity index (χ3v) is 14.1. The van der Waals surface area contributed by atoms with Crippen LogP contribution >= 0.6 is 0 Å². The lowest BCUT2D eigenvalue weighted by molar-refractivity contribution is -0.148. The van der Waals surface area contributed by atoms with Crippen LogP contribution in [0.4, 0.5) is 0 Å². The van der Waals surface area contributed by atoms with Gasteiger partial charge in [0.1, 0.15) is 0 Å². The maximum Gasteiger partial charge on any atom is 0.332 e. The smallest absolute Gasteiger partial charge is 0.332 e. The van der Waals surface area contributed by atoms with E-state index in [1.54, 1.807) is 6.08 Å². The molecule has 0 aromatic rings. The second kappa shape index (κ2) is 7.96. The van der Waals surface area contributed by atoms with Crippen LogP contribution in [-0.2, 0) is 14.0 Å². The molecule has 1 aliphatic carbocycles. The van der Waals surface area contributed by atoms with Gasteiger partial charge in [-0.2, -0.15) is 0 Å². The number of fused-ring (bicyclic) bond motifs is 3. The van der Waals surface area contributed by atoms with Crippen LogP contribution in [-0.4, -0.2) is 50.0 Å². The van der Waals surface area contributed by atoms with Gasteiger partial charge >= 0.3 is 5.97 Å². The molecular weight excluding hydrogens is 390 g/mol. The number of carbonyl (C=O) groups is 1. The highest BCUT2D eigenvalue weighted by atomic mass is 28.4. The molecule has 164 valence electrons. The highest BCUT2D eigenvalue weighted by Crippen LogP contribution is 2.53. The summed E-state index contributed by atoms with van der Waals surface area (Å²) in [6.45, 7) is 15.3. The van der Waals surface area contributed by atoms with E-state index in [0.29, 0.717) is 35.3 Å². The van der Waals surface area contributed by atoms with Crippen LogP contribution in [0.5, 0.6) is 0 Å². The molecule has 2 saturated heterocycles. The molecule has 4 nitrogen and oxygen atoms in total. The van der Waals surface area contributed by atoms with Gasteiger partial charge in [-0.1, -0.05) is 65.9 Å². The number of nitrogens with zero attached hydrogens (tertiary/aromatic N) is 1. The second-order valence-corrected chi connectivity index (χ2v) is 15.8. The summed E-state index contributed by atoms with van der Waals surface area (Å²) < 4.78 is 12.6. The largest absolute Gasteiger partial charge is 0.449 e. The van der Waals surface area contributed by atoms with Crippen LogP contribution < -0.4 is 0 Å². The fourth-order valence-corrected chi connectivity index (χ4v) is 12.3. The van der Waals surface area contributed by atoms with Gasteiger partial charge in [-0.15, -0.1) is 0 Å². The van der Waals surface area contributed by atoms with Gasteiger partial charge in [0, 0.05) is 29.7 Å². The zero-order valence-electron chi connectivity index (χ0n) is 19.5. The molecule has 0 N–H and O–H groups in total. The van der Waals surface area contributed by atoms with Gasteiger partial charge in [0.15, 0.2) is 5.60 Å². The minimum absolute atomic E-state index is 0.201. The van der Waals surface area contributed by atoms with Crippen molar-refractivity contribution < 1.29 is 14.0 Å². The van der Waals surface area contributed by atoms with E-state index >= 15 is 0 Å². The summed E-state index contributed by atoms with van der Waals surface area (Å²) >= 11 is 0. The van der Waals surface area contributed by atoms with Crippen LogP contribution in [0.15, 0.2) is 23.3 Å². The predicted octanol–water partition coefficient (Wildman–Crippen LogP) is 4.97. The van der Waals surface area contributed by atoms with Crippen molar-refractivity contribution in [3.63, 3.8) is 0 Å². The highest BCUT2D eigenvalue weighted by molar-refractivity contribution is 6.77. The fourth-order valence-electron chi connectivity index (χ4n) is 6.96. The Balaban J connectivity index is 1.57. The zero-order chi connectivity index (χ0) is 21.7.